The summed E-state index contributed by atoms with van der Waals surface area (Å²) in [6, 6.07) is 72.8. The zero-order valence-corrected chi connectivity index (χ0v) is 34.6. The summed E-state index contributed by atoms with van der Waals surface area (Å²) in [7, 11) is -2.89. The Hall–Kier alpha value is -7.91. The van der Waals surface area contributed by atoms with Crippen LogP contribution in [-0.4, -0.2) is 17.2 Å². The predicted octanol–water partition coefficient (Wildman–Crippen LogP) is 11.4. The fraction of sp³-hybridized carbons (Fsp3) is 0.0179. The van der Waals surface area contributed by atoms with Crippen LogP contribution in [0.1, 0.15) is 11.3 Å². The number of nitrogens with zero attached hydrogens (tertiary/aromatic N) is 3. The Kier molecular flexibility index (Phi) is 8.56. The van der Waals surface area contributed by atoms with Gasteiger partial charge in [0.1, 0.15) is 11.2 Å². The van der Waals surface area contributed by atoms with Gasteiger partial charge in [-0.25, -0.2) is 0 Å². The first-order chi connectivity index (χ1) is 30.1. The lowest BCUT2D eigenvalue weighted by molar-refractivity contribution is 0.669. The third kappa shape index (κ3) is 5.50. The first-order valence-electron chi connectivity index (χ1n) is 20.6. The SMILES string of the molecule is C=C/C(C#N)=C\c1c(C)n(-c2ccc([Si](c3ccccc3)(c3ccccc3)c3ccc(-n4c5ccccc5c5ccc6oc7ccccc7c6c54)cc3)cc2)c2ccccc12. The molecule has 0 saturated carbocycles. The van der Waals surface area contributed by atoms with Crippen LogP contribution in [0.4, 0.5) is 0 Å². The van der Waals surface area contributed by atoms with E-state index in [-0.39, 0.29) is 0 Å². The molecule has 0 bridgehead atoms. The van der Waals surface area contributed by atoms with Gasteiger partial charge < -0.3 is 13.6 Å². The molecule has 0 aliphatic carbocycles. The Bertz CT molecular complexity index is 3510. The van der Waals surface area contributed by atoms with E-state index in [9.17, 15) is 5.26 Å². The molecule has 0 aliphatic rings. The van der Waals surface area contributed by atoms with Crippen molar-refractivity contribution in [1.29, 1.82) is 5.26 Å². The first-order valence-corrected chi connectivity index (χ1v) is 22.6. The van der Waals surface area contributed by atoms with Gasteiger partial charge in [0.15, 0.2) is 8.07 Å². The van der Waals surface area contributed by atoms with Crippen LogP contribution in [0.15, 0.2) is 217 Å². The van der Waals surface area contributed by atoms with Crippen molar-refractivity contribution in [2.75, 3.05) is 0 Å². The molecule has 0 radical (unpaired) electrons. The fourth-order valence-corrected chi connectivity index (χ4v) is 14.5. The zero-order chi connectivity index (χ0) is 41.1. The number of benzene rings is 8. The summed E-state index contributed by atoms with van der Waals surface area (Å²) in [6.07, 6.45) is 3.56. The van der Waals surface area contributed by atoms with Gasteiger partial charge in [-0.3, -0.25) is 0 Å². The van der Waals surface area contributed by atoms with Crippen molar-refractivity contribution in [3.63, 3.8) is 0 Å². The van der Waals surface area contributed by atoms with Gasteiger partial charge in [0.05, 0.1) is 33.6 Å². The number of para-hydroxylation sites is 3. The highest BCUT2D eigenvalue weighted by molar-refractivity contribution is 7.19. The van der Waals surface area contributed by atoms with Gasteiger partial charge in [-0.1, -0.05) is 152 Å². The number of allylic oxidation sites excluding steroid dienone is 2. The topological polar surface area (TPSA) is 46.8 Å². The normalized spacial score (nSPS) is 12.2. The quantitative estimate of drug-likeness (QED) is 0.0665. The molecule has 3 aromatic heterocycles. The summed E-state index contributed by atoms with van der Waals surface area (Å²) >= 11 is 0. The van der Waals surface area contributed by atoms with Crippen molar-refractivity contribution in [1.82, 2.24) is 9.13 Å². The van der Waals surface area contributed by atoms with Gasteiger partial charge in [0.2, 0.25) is 0 Å². The first kappa shape index (κ1) is 36.2. The van der Waals surface area contributed by atoms with Gasteiger partial charge in [-0.05, 0) is 88.3 Å². The number of aromatic nitrogens is 2. The molecule has 4 nitrogen and oxygen atoms in total. The highest BCUT2D eigenvalue weighted by atomic mass is 28.3. The minimum atomic E-state index is -2.89. The molecule has 5 heteroatoms. The van der Waals surface area contributed by atoms with Crippen molar-refractivity contribution in [3.8, 4) is 17.4 Å². The van der Waals surface area contributed by atoms with Gasteiger partial charge in [0.25, 0.3) is 0 Å². The molecule has 0 atom stereocenters. The minimum Gasteiger partial charge on any atom is -0.456 e. The van der Waals surface area contributed by atoms with Crippen molar-refractivity contribution in [2.24, 2.45) is 0 Å². The molecule has 0 unspecified atom stereocenters. The molecule has 0 amide bonds. The van der Waals surface area contributed by atoms with Gasteiger partial charge in [-0.2, -0.15) is 5.26 Å². The number of nitriles is 1. The van der Waals surface area contributed by atoms with Crippen molar-refractivity contribution >= 4 is 89.5 Å². The molecule has 0 saturated heterocycles. The fourth-order valence-electron chi connectivity index (χ4n) is 9.83. The Morgan fingerprint density at radius 1 is 0.525 bits per heavy atom. The molecule has 3 heterocycles. The van der Waals surface area contributed by atoms with Crippen LogP contribution in [0.2, 0.25) is 0 Å². The van der Waals surface area contributed by atoms with Crippen molar-refractivity contribution in [2.45, 2.75) is 6.92 Å². The molecule has 0 fully saturated rings. The molecule has 0 N–H and O–H groups in total. The second-order valence-corrected chi connectivity index (χ2v) is 19.4. The lowest BCUT2D eigenvalue weighted by Crippen LogP contribution is -2.74. The summed E-state index contributed by atoms with van der Waals surface area (Å²) < 4.78 is 11.1. The van der Waals surface area contributed by atoms with E-state index in [0.29, 0.717) is 5.57 Å². The van der Waals surface area contributed by atoms with E-state index in [1.54, 1.807) is 6.08 Å². The predicted molar refractivity (Wildman–Crippen MR) is 257 cm³/mol. The third-order valence-electron chi connectivity index (χ3n) is 12.5. The lowest BCUT2D eigenvalue weighted by atomic mass is 10.1. The van der Waals surface area contributed by atoms with Crippen LogP contribution in [0.3, 0.4) is 0 Å². The van der Waals surface area contributed by atoms with Crippen LogP contribution in [0.5, 0.6) is 0 Å². The van der Waals surface area contributed by atoms with E-state index in [2.05, 4.69) is 217 Å². The number of hydrogen-bond acceptors (Lipinski definition) is 2. The van der Waals surface area contributed by atoms with E-state index in [0.717, 1.165) is 66.5 Å². The highest BCUT2D eigenvalue weighted by Crippen LogP contribution is 2.40. The van der Waals surface area contributed by atoms with Crippen molar-refractivity contribution < 1.29 is 4.42 Å². The van der Waals surface area contributed by atoms with Crippen LogP contribution in [0.25, 0.3) is 72.1 Å². The minimum absolute atomic E-state index is 0.537. The number of rotatable bonds is 8. The standard InChI is InChI=1S/C56H39N3OSi/c1-3-39(37-57)36-50-38(2)58(51-23-13-11-21-47(50)51)40-26-30-44(31-27-40)61(42-16-6-4-7-17-42,43-18-8-5-9-19-43)45-32-28-41(29-33-45)59-52-24-14-10-20-46(52)48-34-35-54-55(56(48)59)49-22-12-15-25-53(49)60-54/h3-36H,1H2,2H3/b39-36+. The number of furan rings is 1. The molecular weight excluding hydrogens is 759 g/mol. The van der Waals surface area contributed by atoms with Gasteiger partial charge >= 0.3 is 0 Å². The smallest absolute Gasteiger partial charge is 0.179 e. The Morgan fingerprint density at radius 2 is 1.03 bits per heavy atom. The molecule has 0 aliphatic heterocycles. The molecule has 61 heavy (non-hydrogen) atoms. The van der Waals surface area contributed by atoms with E-state index in [1.807, 2.05) is 12.1 Å². The van der Waals surface area contributed by atoms with Crippen LogP contribution in [-0.2, 0) is 0 Å². The molecular formula is C56H39N3OSi. The van der Waals surface area contributed by atoms with E-state index >= 15 is 0 Å². The molecule has 0 spiro atoms. The average molecular weight is 798 g/mol. The van der Waals surface area contributed by atoms with Crippen LogP contribution >= 0.6 is 0 Å². The summed E-state index contributed by atoms with van der Waals surface area (Å²) in [6.45, 7) is 6.00. The number of fused-ring (bicyclic) bond motifs is 8. The van der Waals surface area contributed by atoms with Crippen LogP contribution < -0.4 is 20.7 Å². The Morgan fingerprint density at radius 3 is 1.64 bits per heavy atom. The van der Waals surface area contributed by atoms with E-state index < -0.39 is 8.07 Å². The zero-order valence-electron chi connectivity index (χ0n) is 33.6. The number of hydrogen-bond donors (Lipinski definition) is 0. The Balaban J connectivity index is 1.12. The molecule has 8 aromatic carbocycles. The molecule has 11 aromatic rings. The summed E-state index contributed by atoms with van der Waals surface area (Å²) in [5.41, 5.74) is 9.99. The molecule has 11 rings (SSSR count). The summed E-state index contributed by atoms with van der Waals surface area (Å²) in [4.78, 5) is 0. The molecule has 288 valence electrons. The van der Waals surface area contributed by atoms with Crippen LogP contribution in [0, 0.1) is 18.3 Å². The Labute approximate surface area is 354 Å². The second kappa shape index (κ2) is 14.4. The van der Waals surface area contributed by atoms with Crippen molar-refractivity contribution in [3.05, 3.63) is 224 Å². The largest absolute Gasteiger partial charge is 0.456 e. The monoisotopic (exact) mass is 797 g/mol. The van der Waals surface area contributed by atoms with E-state index in [4.69, 9.17) is 4.42 Å². The van der Waals surface area contributed by atoms with E-state index in [1.165, 1.54) is 31.5 Å². The summed E-state index contributed by atoms with van der Waals surface area (Å²) in [5, 5.41) is 20.8. The maximum atomic E-state index is 9.78. The average Bonchev–Trinajstić information content (AvgIpc) is 3.96. The highest BCUT2D eigenvalue weighted by Gasteiger charge is 2.41. The van der Waals surface area contributed by atoms with Gasteiger partial charge in [-0.15, -0.1) is 0 Å². The lowest BCUT2D eigenvalue weighted by Gasteiger charge is -2.34. The maximum absolute atomic E-state index is 9.78. The third-order valence-corrected chi connectivity index (χ3v) is 17.3. The maximum Gasteiger partial charge on any atom is 0.179 e. The second-order valence-electron chi connectivity index (χ2n) is 15.6. The summed E-state index contributed by atoms with van der Waals surface area (Å²) in [5.74, 6) is 0. The van der Waals surface area contributed by atoms with Gasteiger partial charge in [0, 0.05) is 44.2 Å².